The molecule has 0 aliphatic rings. The molecule has 0 saturated heterocycles. The van der Waals surface area contributed by atoms with Crippen molar-refractivity contribution in [3.05, 3.63) is 18.0 Å². The molecule has 0 spiro atoms. The van der Waals surface area contributed by atoms with Crippen LogP contribution in [0, 0.1) is 0 Å². The third kappa shape index (κ3) is 5.85. The molecule has 7 nitrogen and oxygen atoms in total. The molecule has 0 bridgehead atoms. The number of carboxylic acid groups (broad SMARTS) is 1. The number of rotatable bonds is 5. The number of nitrogens with one attached hydrogen (secondary N) is 1. The number of carboxylic acids is 1. The Balaban J connectivity index is 2.84. The van der Waals surface area contributed by atoms with Crippen LogP contribution in [-0.4, -0.2) is 32.6 Å². The fourth-order valence-electron chi connectivity index (χ4n) is 1.69. The molecule has 7 heteroatoms. The highest BCUT2D eigenvalue weighted by Crippen LogP contribution is 2.19. The fourth-order valence-corrected chi connectivity index (χ4v) is 1.69. The summed E-state index contributed by atoms with van der Waals surface area (Å²) in [4.78, 5) is 22.8. The standard InChI is InChI=1S/C14H23N3O4/c1-9(2)17-8-10(7-15-17)11(6-12(18)19)16-13(20)21-14(3,4)5/h7-9,11H,6H2,1-5H3,(H,16,20)(H,18,19). The molecule has 1 atom stereocenters. The highest BCUT2D eigenvalue weighted by atomic mass is 16.6. The van der Waals surface area contributed by atoms with Gasteiger partial charge in [-0.1, -0.05) is 0 Å². The van der Waals surface area contributed by atoms with Crippen molar-refractivity contribution in [1.29, 1.82) is 0 Å². The SMILES string of the molecule is CC(C)n1cc(C(CC(=O)O)NC(=O)OC(C)(C)C)cn1. The van der Waals surface area contributed by atoms with Crippen LogP contribution in [0.4, 0.5) is 4.79 Å². The van der Waals surface area contributed by atoms with E-state index >= 15 is 0 Å². The van der Waals surface area contributed by atoms with E-state index in [4.69, 9.17) is 9.84 Å². The molecule has 0 aliphatic heterocycles. The van der Waals surface area contributed by atoms with Gasteiger partial charge in [0.05, 0.1) is 18.7 Å². The number of aliphatic carboxylic acids is 1. The van der Waals surface area contributed by atoms with Gasteiger partial charge in [-0.05, 0) is 34.6 Å². The number of ether oxygens (including phenoxy) is 1. The average molecular weight is 297 g/mol. The van der Waals surface area contributed by atoms with Gasteiger partial charge in [0.2, 0.25) is 0 Å². The summed E-state index contributed by atoms with van der Waals surface area (Å²) in [7, 11) is 0. The molecule has 1 heterocycles. The van der Waals surface area contributed by atoms with Crippen molar-refractivity contribution < 1.29 is 19.4 Å². The van der Waals surface area contributed by atoms with Crippen LogP contribution in [0.5, 0.6) is 0 Å². The van der Waals surface area contributed by atoms with Gasteiger partial charge in [-0.3, -0.25) is 9.48 Å². The number of carbonyl (C=O) groups is 2. The van der Waals surface area contributed by atoms with Gasteiger partial charge in [-0.25, -0.2) is 4.79 Å². The third-order valence-corrected chi connectivity index (χ3v) is 2.62. The van der Waals surface area contributed by atoms with Crippen molar-refractivity contribution in [1.82, 2.24) is 15.1 Å². The fraction of sp³-hybridized carbons (Fsp3) is 0.643. The lowest BCUT2D eigenvalue weighted by Crippen LogP contribution is -2.35. The Bertz CT molecular complexity index is 503. The summed E-state index contributed by atoms with van der Waals surface area (Å²) in [5.41, 5.74) is -0.00284. The van der Waals surface area contributed by atoms with E-state index in [1.165, 1.54) is 0 Å². The quantitative estimate of drug-likeness (QED) is 0.871. The zero-order valence-corrected chi connectivity index (χ0v) is 13.1. The van der Waals surface area contributed by atoms with E-state index in [0.29, 0.717) is 5.56 Å². The molecular weight excluding hydrogens is 274 g/mol. The minimum absolute atomic E-state index is 0.158. The first-order valence-corrected chi connectivity index (χ1v) is 6.84. The maximum atomic E-state index is 11.8. The minimum Gasteiger partial charge on any atom is -0.481 e. The van der Waals surface area contributed by atoms with Gasteiger partial charge in [-0.2, -0.15) is 5.10 Å². The summed E-state index contributed by atoms with van der Waals surface area (Å²) in [6.07, 6.45) is 2.41. The van der Waals surface area contributed by atoms with Crippen LogP contribution in [0.1, 0.15) is 58.7 Å². The summed E-state index contributed by atoms with van der Waals surface area (Å²) in [6.45, 7) is 9.16. The molecule has 118 valence electrons. The van der Waals surface area contributed by atoms with Crippen molar-refractivity contribution in [2.75, 3.05) is 0 Å². The van der Waals surface area contributed by atoms with Crippen LogP contribution < -0.4 is 5.32 Å². The van der Waals surface area contributed by atoms with Crippen molar-refractivity contribution >= 4 is 12.1 Å². The number of hydrogen-bond acceptors (Lipinski definition) is 4. The Hall–Kier alpha value is -2.05. The first-order chi connectivity index (χ1) is 9.58. The molecule has 1 aromatic rings. The van der Waals surface area contributed by atoms with E-state index in [2.05, 4.69) is 10.4 Å². The zero-order chi connectivity index (χ0) is 16.2. The van der Waals surface area contributed by atoms with E-state index in [9.17, 15) is 9.59 Å². The highest BCUT2D eigenvalue weighted by Gasteiger charge is 2.23. The van der Waals surface area contributed by atoms with Gasteiger partial charge in [0, 0.05) is 17.8 Å². The summed E-state index contributed by atoms with van der Waals surface area (Å²) in [5.74, 6) is -1.01. The molecule has 0 fully saturated rings. The van der Waals surface area contributed by atoms with Crippen molar-refractivity contribution in [2.45, 2.75) is 58.7 Å². The highest BCUT2D eigenvalue weighted by molar-refractivity contribution is 5.72. The molecule has 0 aromatic carbocycles. The summed E-state index contributed by atoms with van der Waals surface area (Å²) < 4.78 is 6.86. The number of amides is 1. The minimum atomic E-state index is -1.01. The van der Waals surface area contributed by atoms with Crippen molar-refractivity contribution in [3.63, 3.8) is 0 Å². The van der Waals surface area contributed by atoms with E-state index in [-0.39, 0.29) is 12.5 Å². The van der Waals surface area contributed by atoms with E-state index in [1.807, 2.05) is 13.8 Å². The monoisotopic (exact) mass is 297 g/mol. The summed E-state index contributed by atoms with van der Waals surface area (Å²) in [6, 6.07) is -0.518. The first kappa shape index (κ1) is 17.0. The predicted molar refractivity (Wildman–Crippen MR) is 77.0 cm³/mol. The maximum Gasteiger partial charge on any atom is 0.408 e. The van der Waals surface area contributed by atoms with E-state index < -0.39 is 23.7 Å². The smallest absolute Gasteiger partial charge is 0.408 e. The van der Waals surface area contributed by atoms with Gasteiger partial charge in [0.1, 0.15) is 5.60 Å². The molecule has 1 aromatic heterocycles. The largest absolute Gasteiger partial charge is 0.481 e. The van der Waals surface area contributed by atoms with Gasteiger partial charge in [0.25, 0.3) is 0 Å². The Labute approximate surface area is 124 Å². The second kappa shape index (κ2) is 6.60. The Morgan fingerprint density at radius 1 is 1.43 bits per heavy atom. The molecule has 0 radical (unpaired) electrons. The molecule has 1 rings (SSSR count). The topological polar surface area (TPSA) is 93.5 Å². The molecule has 1 amide bonds. The first-order valence-electron chi connectivity index (χ1n) is 6.84. The lowest BCUT2D eigenvalue weighted by atomic mass is 10.1. The van der Waals surface area contributed by atoms with Crippen LogP contribution in [0.25, 0.3) is 0 Å². The lowest BCUT2D eigenvalue weighted by molar-refractivity contribution is -0.137. The van der Waals surface area contributed by atoms with Gasteiger partial charge in [0.15, 0.2) is 0 Å². The van der Waals surface area contributed by atoms with Crippen LogP contribution in [0.2, 0.25) is 0 Å². The van der Waals surface area contributed by atoms with Crippen LogP contribution in [0.3, 0.4) is 0 Å². The van der Waals surface area contributed by atoms with E-state index in [0.717, 1.165) is 0 Å². The Morgan fingerprint density at radius 3 is 2.48 bits per heavy atom. The second-order valence-electron chi connectivity index (χ2n) is 6.14. The summed E-state index contributed by atoms with van der Waals surface area (Å²) in [5, 5.41) is 15.7. The van der Waals surface area contributed by atoms with Crippen LogP contribution in [-0.2, 0) is 9.53 Å². The maximum absolute atomic E-state index is 11.8. The number of aromatic nitrogens is 2. The summed E-state index contributed by atoms with van der Waals surface area (Å²) >= 11 is 0. The predicted octanol–water partition coefficient (Wildman–Crippen LogP) is 2.50. The lowest BCUT2D eigenvalue weighted by Gasteiger charge is -2.22. The number of hydrogen-bond donors (Lipinski definition) is 2. The Morgan fingerprint density at radius 2 is 2.05 bits per heavy atom. The molecule has 2 N–H and O–H groups in total. The Kier molecular flexibility index (Phi) is 5.34. The number of carbonyl (C=O) groups excluding carboxylic acids is 1. The second-order valence-corrected chi connectivity index (χ2v) is 6.14. The van der Waals surface area contributed by atoms with Crippen molar-refractivity contribution in [2.24, 2.45) is 0 Å². The van der Waals surface area contributed by atoms with Gasteiger partial charge in [-0.15, -0.1) is 0 Å². The van der Waals surface area contributed by atoms with Crippen LogP contribution in [0.15, 0.2) is 12.4 Å². The molecule has 21 heavy (non-hydrogen) atoms. The normalized spacial score (nSPS) is 13.0. The molecule has 0 saturated carbocycles. The zero-order valence-electron chi connectivity index (χ0n) is 13.1. The van der Waals surface area contributed by atoms with Gasteiger partial charge >= 0.3 is 12.1 Å². The average Bonchev–Trinajstić information content (AvgIpc) is 2.73. The van der Waals surface area contributed by atoms with Gasteiger partial charge < -0.3 is 15.2 Å². The third-order valence-electron chi connectivity index (χ3n) is 2.62. The number of nitrogens with zero attached hydrogens (tertiary/aromatic N) is 2. The molecular formula is C14H23N3O4. The van der Waals surface area contributed by atoms with Crippen molar-refractivity contribution in [3.8, 4) is 0 Å². The molecule has 0 aliphatic carbocycles. The van der Waals surface area contributed by atoms with Crippen LogP contribution >= 0.6 is 0 Å². The molecule has 1 unspecified atom stereocenters. The number of alkyl carbamates (subject to hydrolysis) is 1. The van der Waals surface area contributed by atoms with E-state index in [1.54, 1.807) is 37.8 Å².